The molecule has 8 nitrogen and oxygen atoms in total. The van der Waals surface area contributed by atoms with E-state index in [0.717, 1.165) is 16.9 Å². The van der Waals surface area contributed by atoms with Gasteiger partial charge in [0.25, 0.3) is 11.2 Å². The molecule has 8 heteroatoms. The van der Waals surface area contributed by atoms with Crippen LogP contribution in [0.2, 0.25) is 0 Å². The van der Waals surface area contributed by atoms with Crippen LogP contribution >= 0.6 is 0 Å². The van der Waals surface area contributed by atoms with Crippen molar-refractivity contribution in [1.29, 1.82) is 0 Å². The quantitative estimate of drug-likeness (QED) is 0.376. The van der Waals surface area contributed by atoms with Gasteiger partial charge in [-0.1, -0.05) is 32.0 Å². The number of anilines is 1. The van der Waals surface area contributed by atoms with Crippen molar-refractivity contribution in [3.05, 3.63) is 86.6 Å². The van der Waals surface area contributed by atoms with E-state index in [4.69, 9.17) is 0 Å². The van der Waals surface area contributed by atoms with Crippen LogP contribution in [0.25, 0.3) is 10.9 Å². The highest BCUT2D eigenvalue weighted by molar-refractivity contribution is 5.92. The van der Waals surface area contributed by atoms with Crippen LogP contribution in [0.4, 0.5) is 11.4 Å². The molecule has 0 spiro atoms. The van der Waals surface area contributed by atoms with Crippen LogP contribution in [0.1, 0.15) is 19.4 Å². The largest absolute Gasteiger partial charge is 0.347 e. The number of nitro groups is 1. The van der Waals surface area contributed by atoms with Gasteiger partial charge < -0.3 is 4.90 Å². The van der Waals surface area contributed by atoms with Crippen molar-refractivity contribution < 1.29 is 9.72 Å². The number of likely N-dealkylation sites (N-methyl/N-ethyl adjacent to an activating group) is 1. The summed E-state index contributed by atoms with van der Waals surface area (Å²) in [6.07, 6.45) is 2.86. The van der Waals surface area contributed by atoms with Gasteiger partial charge in [-0.15, -0.1) is 0 Å². The zero-order valence-corrected chi connectivity index (χ0v) is 16.8. The van der Waals surface area contributed by atoms with Gasteiger partial charge >= 0.3 is 0 Å². The van der Waals surface area contributed by atoms with E-state index in [1.807, 2.05) is 36.2 Å². The van der Waals surface area contributed by atoms with E-state index < -0.39 is 10.5 Å². The van der Waals surface area contributed by atoms with Crippen molar-refractivity contribution in [2.75, 3.05) is 11.9 Å². The van der Waals surface area contributed by atoms with Gasteiger partial charge in [-0.05, 0) is 17.7 Å². The van der Waals surface area contributed by atoms with Crippen LogP contribution < -0.4 is 10.5 Å². The van der Waals surface area contributed by atoms with Crippen molar-refractivity contribution in [1.82, 2.24) is 9.55 Å². The number of para-hydroxylation sites is 1. The van der Waals surface area contributed by atoms with Gasteiger partial charge in [-0.3, -0.25) is 24.3 Å². The predicted octanol–water partition coefficient (Wildman–Crippen LogP) is 3.19. The molecule has 4 rings (SSSR count). The highest BCUT2D eigenvalue weighted by Crippen LogP contribution is 2.46. The Balaban J connectivity index is 1.68. The standard InChI is InChI=1S/C22H20N4O4/c1-22(2)17-6-4-5-7-19(17)24(3)20(22)11-15(27)12-25-13-23-18-9-8-14(26(29)30)10-16(18)21(25)28/h4-11,13H,12H2,1-3H3. The summed E-state index contributed by atoms with van der Waals surface area (Å²) in [5, 5.41) is 11.1. The second kappa shape index (κ2) is 6.91. The number of benzene rings is 2. The topological polar surface area (TPSA) is 98.3 Å². The Kier molecular flexibility index (Phi) is 4.49. The third kappa shape index (κ3) is 3.06. The second-order valence-corrected chi connectivity index (χ2v) is 7.83. The van der Waals surface area contributed by atoms with Crippen LogP contribution in [0.3, 0.4) is 0 Å². The van der Waals surface area contributed by atoms with Gasteiger partial charge in [-0.2, -0.15) is 0 Å². The minimum Gasteiger partial charge on any atom is -0.347 e. The Morgan fingerprint density at radius 2 is 1.97 bits per heavy atom. The maximum absolute atomic E-state index is 12.8. The zero-order valence-electron chi connectivity index (χ0n) is 16.8. The Morgan fingerprint density at radius 3 is 2.67 bits per heavy atom. The average Bonchev–Trinajstić information content (AvgIpc) is 2.91. The number of non-ortho nitro benzene ring substituents is 1. The lowest BCUT2D eigenvalue weighted by atomic mass is 9.83. The third-order valence-corrected chi connectivity index (χ3v) is 5.58. The highest BCUT2D eigenvalue weighted by atomic mass is 16.6. The number of rotatable bonds is 4. The number of hydrogen-bond donors (Lipinski definition) is 0. The number of carbonyl (C=O) groups excluding carboxylic acids is 1. The maximum atomic E-state index is 12.8. The first kappa shape index (κ1) is 19.5. The number of aromatic nitrogens is 2. The Morgan fingerprint density at radius 1 is 1.23 bits per heavy atom. The second-order valence-electron chi connectivity index (χ2n) is 7.83. The molecule has 152 valence electrons. The van der Waals surface area contributed by atoms with Crippen LogP contribution in [0.5, 0.6) is 0 Å². The van der Waals surface area contributed by atoms with Crippen LogP contribution in [0.15, 0.2) is 65.4 Å². The molecule has 30 heavy (non-hydrogen) atoms. The summed E-state index contributed by atoms with van der Waals surface area (Å²) in [6.45, 7) is 3.91. The van der Waals surface area contributed by atoms with Crippen molar-refractivity contribution in [2.24, 2.45) is 0 Å². The number of nitro benzene ring substituents is 1. The molecule has 0 saturated carbocycles. The summed E-state index contributed by atoms with van der Waals surface area (Å²) in [7, 11) is 1.91. The molecule has 1 aliphatic rings. The van der Waals surface area contributed by atoms with E-state index in [1.165, 1.54) is 29.1 Å². The molecule has 2 heterocycles. The first-order chi connectivity index (χ1) is 14.2. The molecular weight excluding hydrogens is 384 g/mol. The summed E-state index contributed by atoms with van der Waals surface area (Å²) in [6, 6.07) is 11.9. The molecular formula is C22H20N4O4. The average molecular weight is 404 g/mol. The molecule has 1 aliphatic heterocycles. The van der Waals surface area contributed by atoms with Crippen LogP contribution in [-0.2, 0) is 16.8 Å². The van der Waals surface area contributed by atoms with Crippen molar-refractivity contribution in [3.63, 3.8) is 0 Å². The van der Waals surface area contributed by atoms with Gasteiger partial charge in [0.1, 0.15) is 0 Å². The third-order valence-electron chi connectivity index (χ3n) is 5.58. The Labute approximate surface area is 172 Å². The van der Waals surface area contributed by atoms with Crippen LogP contribution in [-0.4, -0.2) is 27.3 Å². The minimum absolute atomic E-state index is 0.109. The molecule has 0 saturated heterocycles. The summed E-state index contributed by atoms with van der Waals surface area (Å²) in [4.78, 5) is 42.2. The van der Waals surface area contributed by atoms with Gasteiger partial charge in [0.05, 0.1) is 28.7 Å². The molecule has 0 aliphatic carbocycles. The maximum Gasteiger partial charge on any atom is 0.270 e. The fourth-order valence-electron chi connectivity index (χ4n) is 4.00. The predicted molar refractivity (Wildman–Crippen MR) is 114 cm³/mol. The SMILES string of the molecule is CN1C(=CC(=O)Cn2cnc3ccc([N+](=O)[O-])cc3c2=O)C(C)(C)c2ccccc21. The summed E-state index contributed by atoms with van der Waals surface area (Å²) < 4.78 is 1.18. The summed E-state index contributed by atoms with van der Waals surface area (Å²) >= 11 is 0. The molecule has 0 amide bonds. The molecule has 1 aromatic heterocycles. The molecule has 0 unspecified atom stereocenters. The van der Waals surface area contributed by atoms with Gasteiger partial charge in [-0.25, -0.2) is 4.98 Å². The Hall–Kier alpha value is -3.81. The van der Waals surface area contributed by atoms with Crippen molar-refractivity contribution >= 4 is 28.1 Å². The number of carbonyl (C=O) groups is 1. The molecule has 3 aromatic rings. The van der Waals surface area contributed by atoms with E-state index in [-0.39, 0.29) is 28.8 Å². The van der Waals surface area contributed by atoms with Gasteiger partial charge in [0.2, 0.25) is 0 Å². The molecule has 0 fully saturated rings. The fourth-order valence-corrected chi connectivity index (χ4v) is 4.00. The zero-order chi connectivity index (χ0) is 21.6. The number of ketones is 1. The lowest BCUT2D eigenvalue weighted by molar-refractivity contribution is -0.384. The lowest BCUT2D eigenvalue weighted by Crippen LogP contribution is -2.27. The van der Waals surface area contributed by atoms with E-state index in [2.05, 4.69) is 18.8 Å². The lowest BCUT2D eigenvalue weighted by Gasteiger charge is -2.24. The first-order valence-electron chi connectivity index (χ1n) is 9.42. The normalized spacial score (nSPS) is 16.1. The molecule has 0 radical (unpaired) electrons. The monoisotopic (exact) mass is 404 g/mol. The molecule has 0 atom stereocenters. The molecule has 0 N–H and O–H groups in total. The number of hydrogen-bond acceptors (Lipinski definition) is 6. The smallest absolute Gasteiger partial charge is 0.270 e. The van der Waals surface area contributed by atoms with E-state index in [0.29, 0.717) is 5.52 Å². The van der Waals surface area contributed by atoms with Crippen molar-refractivity contribution in [3.8, 4) is 0 Å². The van der Waals surface area contributed by atoms with Gasteiger partial charge in [0, 0.05) is 42.1 Å². The van der Waals surface area contributed by atoms with Crippen molar-refractivity contribution in [2.45, 2.75) is 25.8 Å². The molecule has 2 aromatic carbocycles. The van der Waals surface area contributed by atoms with E-state index in [1.54, 1.807) is 6.08 Å². The number of nitrogens with zero attached hydrogens (tertiary/aromatic N) is 4. The fraction of sp³-hybridized carbons (Fsp3) is 0.227. The highest BCUT2D eigenvalue weighted by Gasteiger charge is 2.38. The summed E-state index contributed by atoms with van der Waals surface area (Å²) in [5.74, 6) is -0.258. The number of allylic oxidation sites excluding steroid dienone is 2. The molecule has 0 bridgehead atoms. The van der Waals surface area contributed by atoms with E-state index >= 15 is 0 Å². The minimum atomic E-state index is -0.568. The van der Waals surface area contributed by atoms with Gasteiger partial charge in [0.15, 0.2) is 5.78 Å². The van der Waals surface area contributed by atoms with E-state index in [9.17, 15) is 19.7 Å². The summed E-state index contributed by atoms with van der Waals surface area (Å²) in [5.41, 5.74) is 2.32. The Bertz CT molecular complexity index is 1290. The first-order valence-corrected chi connectivity index (χ1v) is 9.42. The van der Waals surface area contributed by atoms with Crippen LogP contribution in [0, 0.1) is 10.1 Å². The number of fused-ring (bicyclic) bond motifs is 2.